The highest BCUT2D eigenvalue weighted by Gasteiger charge is 2.60. The van der Waals surface area contributed by atoms with E-state index in [1.54, 1.807) is 6.20 Å². The van der Waals surface area contributed by atoms with Gasteiger partial charge in [0.25, 0.3) is 0 Å². The number of carbonyl (C=O) groups excluding carboxylic acids is 2. The first-order valence-corrected chi connectivity index (χ1v) is 16.6. The first kappa shape index (κ1) is 33.7. The van der Waals surface area contributed by atoms with Gasteiger partial charge in [-0.05, 0) is 74.9 Å². The highest BCUT2D eigenvalue weighted by Crippen LogP contribution is 2.54. The number of halogens is 2. The highest BCUT2D eigenvalue weighted by atomic mass is 35.5. The van der Waals surface area contributed by atoms with Crippen molar-refractivity contribution in [3.05, 3.63) is 93.2 Å². The molecule has 0 bridgehead atoms. The van der Waals surface area contributed by atoms with Gasteiger partial charge in [0.1, 0.15) is 22.7 Å². The van der Waals surface area contributed by atoms with Gasteiger partial charge in [0.2, 0.25) is 5.91 Å². The molecule has 0 radical (unpaired) electrons. The van der Waals surface area contributed by atoms with Crippen LogP contribution in [0.25, 0.3) is 0 Å². The van der Waals surface area contributed by atoms with Crippen molar-refractivity contribution in [2.45, 2.75) is 77.3 Å². The van der Waals surface area contributed by atoms with E-state index in [2.05, 4.69) is 34.6 Å². The molecule has 2 aliphatic rings. The third kappa shape index (κ3) is 6.21. The van der Waals surface area contributed by atoms with Crippen molar-refractivity contribution in [1.29, 1.82) is 0 Å². The Labute approximate surface area is 281 Å². The third-order valence-corrected chi connectivity index (χ3v) is 9.99. The van der Waals surface area contributed by atoms with Gasteiger partial charge in [-0.3, -0.25) is 19.7 Å². The van der Waals surface area contributed by atoms with Crippen LogP contribution in [0.1, 0.15) is 83.2 Å². The van der Waals surface area contributed by atoms with Crippen molar-refractivity contribution in [1.82, 2.24) is 14.8 Å². The van der Waals surface area contributed by atoms with Gasteiger partial charge in [-0.25, -0.2) is 4.79 Å². The third-order valence-electron chi connectivity index (χ3n) is 9.49. The van der Waals surface area contributed by atoms with E-state index in [-0.39, 0.29) is 23.3 Å². The number of hydrogen-bond acceptors (Lipinski definition) is 5. The molecule has 2 atom stereocenters. The molecular weight excluding hydrogens is 621 g/mol. The Morgan fingerprint density at radius 2 is 1.54 bits per heavy atom. The van der Waals surface area contributed by atoms with Gasteiger partial charge in [-0.2, -0.15) is 0 Å². The molecule has 2 aromatic carbocycles. The Morgan fingerprint density at radius 3 is 2.07 bits per heavy atom. The van der Waals surface area contributed by atoms with Gasteiger partial charge in [0.15, 0.2) is 0 Å². The molecule has 5 rings (SSSR count). The Bertz CT molecular complexity index is 1630. The Balaban J connectivity index is 1.73. The van der Waals surface area contributed by atoms with Crippen molar-refractivity contribution < 1.29 is 14.3 Å². The van der Waals surface area contributed by atoms with Crippen LogP contribution in [0.2, 0.25) is 10.0 Å². The molecule has 1 saturated heterocycles. The minimum absolute atomic E-state index is 0.147. The average molecular weight is 665 g/mol. The fourth-order valence-corrected chi connectivity index (χ4v) is 6.86. The first-order chi connectivity index (χ1) is 21.7. The number of carbonyl (C=O) groups is 2. The number of aliphatic imine (C=N–C) groups is 1. The fourth-order valence-electron chi connectivity index (χ4n) is 6.61. The summed E-state index contributed by atoms with van der Waals surface area (Å²) < 4.78 is 6.24. The van der Waals surface area contributed by atoms with Crippen LogP contribution < -0.4 is 10.5 Å². The van der Waals surface area contributed by atoms with Gasteiger partial charge in [0.05, 0.1) is 12.2 Å². The van der Waals surface area contributed by atoms with Crippen molar-refractivity contribution in [2.24, 2.45) is 16.6 Å². The Kier molecular flexibility index (Phi) is 9.45. The molecule has 3 amide bonds. The summed E-state index contributed by atoms with van der Waals surface area (Å²) in [4.78, 5) is 40.6. The number of nitrogens with zero attached hydrogens (tertiary/aromatic N) is 4. The number of pyridine rings is 1. The first-order valence-electron chi connectivity index (χ1n) is 15.8. The standard InChI is InChI=1S/C36H43Cl2N5O3/c1-7-46-29-21-30(34(2,3)4)40-22-28(29)32-41-35(5,24-8-12-26(37)13-9-24)36(6,25-10-14-27(38)15-11-25)43(32)33(45)42-18-16-23(17-19-42)20-31(39)44/h8-15,21-23H,7,16-20H2,1-6H3,(H2,39,44)/t35-,36+/m0/s1. The van der Waals surface area contributed by atoms with E-state index in [1.807, 2.05) is 71.3 Å². The molecule has 3 heterocycles. The lowest BCUT2D eigenvalue weighted by Crippen LogP contribution is -2.59. The number of hydrogen-bond donors (Lipinski definition) is 1. The average Bonchev–Trinajstić information content (AvgIpc) is 3.25. The molecule has 0 saturated carbocycles. The molecule has 3 aromatic rings. The second-order valence-corrected chi connectivity index (χ2v) is 14.4. The van der Waals surface area contributed by atoms with Crippen LogP contribution in [-0.4, -0.2) is 52.3 Å². The molecular formula is C36H43Cl2N5O3. The second-order valence-electron chi connectivity index (χ2n) is 13.6. The second kappa shape index (κ2) is 12.9. The zero-order valence-corrected chi connectivity index (χ0v) is 29.0. The van der Waals surface area contributed by atoms with Gasteiger partial charge in [-0.1, -0.05) is 68.2 Å². The Morgan fingerprint density at radius 1 is 0.978 bits per heavy atom. The van der Waals surface area contributed by atoms with Crippen LogP contribution in [-0.2, 0) is 21.3 Å². The summed E-state index contributed by atoms with van der Waals surface area (Å²) in [6.45, 7) is 13.8. The zero-order valence-electron chi connectivity index (χ0n) is 27.4. The van der Waals surface area contributed by atoms with Crippen molar-refractivity contribution >= 4 is 41.0 Å². The van der Waals surface area contributed by atoms with E-state index in [4.69, 9.17) is 43.6 Å². The van der Waals surface area contributed by atoms with E-state index in [9.17, 15) is 4.79 Å². The van der Waals surface area contributed by atoms with Crippen molar-refractivity contribution in [2.75, 3.05) is 19.7 Å². The van der Waals surface area contributed by atoms with Gasteiger partial charge in [0, 0.05) is 52.9 Å². The van der Waals surface area contributed by atoms with E-state index in [1.165, 1.54) is 0 Å². The predicted molar refractivity (Wildman–Crippen MR) is 184 cm³/mol. The topological polar surface area (TPSA) is 101 Å². The molecule has 0 aliphatic carbocycles. The molecule has 0 spiro atoms. The maximum atomic E-state index is 15.0. The van der Waals surface area contributed by atoms with Crippen LogP contribution in [0.5, 0.6) is 5.75 Å². The largest absolute Gasteiger partial charge is 0.493 e. The van der Waals surface area contributed by atoms with Gasteiger partial charge in [-0.15, -0.1) is 0 Å². The smallest absolute Gasteiger partial charge is 0.326 e. The summed E-state index contributed by atoms with van der Waals surface area (Å²) >= 11 is 12.7. The number of aromatic nitrogens is 1. The fraction of sp³-hybridized carbons (Fsp3) is 0.444. The van der Waals surface area contributed by atoms with Crippen LogP contribution in [0.4, 0.5) is 4.79 Å². The van der Waals surface area contributed by atoms with Crippen LogP contribution >= 0.6 is 23.2 Å². The Hall–Kier alpha value is -3.62. The zero-order chi connectivity index (χ0) is 33.4. The van der Waals surface area contributed by atoms with Gasteiger partial charge >= 0.3 is 6.03 Å². The number of amidine groups is 1. The number of primary amides is 1. The monoisotopic (exact) mass is 663 g/mol. The lowest BCUT2D eigenvalue weighted by atomic mass is 9.71. The molecule has 244 valence electrons. The van der Waals surface area contributed by atoms with Crippen LogP contribution in [0.3, 0.4) is 0 Å². The summed E-state index contributed by atoms with van der Waals surface area (Å²) in [5, 5.41) is 1.20. The van der Waals surface area contributed by atoms with E-state index >= 15 is 4.79 Å². The molecule has 1 fully saturated rings. The molecule has 2 N–H and O–H groups in total. The molecule has 8 nitrogen and oxygen atoms in total. The normalized spacial score (nSPS) is 22.1. The molecule has 0 unspecified atom stereocenters. The summed E-state index contributed by atoms with van der Waals surface area (Å²) in [6.07, 6.45) is 3.47. The minimum Gasteiger partial charge on any atom is -0.493 e. The number of benzene rings is 2. The number of ether oxygens (including phenoxy) is 1. The van der Waals surface area contributed by atoms with Crippen LogP contribution in [0.15, 0.2) is 65.8 Å². The van der Waals surface area contributed by atoms with Crippen molar-refractivity contribution in [3.8, 4) is 5.75 Å². The lowest BCUT2D eigenvalue weighted by Gasteiger charge is -2.47. The SMILES string of the molecule is CCOc1cc(C(C)(C)C)ncc1C1=N[C@@](C)(c2ccc(Cl)cc2)[C@@](C)(c2ccc(Cl)cc2)N1C(=O)N1CCC(CC(N)=O)CC1. The number of likely N-dealkylation sites (tertiary alicyclic amines) is 1. The maximum absolute atomic E-state index is 15.0. The van der Waals surface area contributed by atoms with E-state index in [0.717, 1.165) is 16.8 Å². The lowest BCUT2D eigenvalue weighted by molar-refractivity contribution is -0.119. The van der Waals surface area contributed by atoms with Gasteiger partial charge < -0.3 is 15.4 Å². The number of piperidine rings is 1. The summed E-state index contributed by atoms with van der Waals surface area (Å²) in [7, 11) is 0. The number of urea groups is 1. The minimum atomic E-state index is -1.02. The quantitative estimate of drug-likeness (QED) is 0.280. The maximum Gasteiger partial charge on any atom is 0.326 e. The van der Waals surface area contributed by atoms with E-state index < -0.39 is 11.1 Å². The molecule has 2 aliphatic heterocycles. The number of rotatable bonds is 7. The highest BCUT2D eigenvalue weighted by molar-refractivity contribution is 6.30. The number of amides is 3. The number of nitrogens with two attached hydrogens (primary N) is 1. The predicted octanol–water partition coefficient (Wildman–Crippen LogP) is 7.69. The summed E-state index contributed by atoms with van der Waals surface area (Å²) in [5.41, 5.74) is 6.55. The molecule has 46 heavy (non-hydrogen) atoms. The summed E-state index contributed by atoms with van der Waals surface area (Å²) in [5.74, 6) is 0.907. The summed E-state index contributed by atoms with van der Waals surface area (Å²) in [6, 6.07) is 17.0. The molecule has 1 aromatic heterocycles. The van der Waals surface area contributed by atoms with E-state index in [0.29, 0.717) is 66.2 Å². The van der Waals surface area contributed by atoms with Crippen molar-refractivity contribution in [3.63, 3.8) is 0 Å². The van der Waals surface area contributed by atoms with Crippen LogP contribution in [0, 0.1) is 5.92 Å². The molecule has 10 heteroatoms.